The number of phenols is 2. The van der Waals surface area contributed by atoms with Crippen LogP contribution >= 0.6 is 0 Å². The van der Waals surface area contributed by atoms with E-state index in [0.717, 1.165) is 0 Å². The number of hydrogen-bond acceptors (Lipinski definition) is 25. The molecule has 5 aliphatic heterocycles. The summed E-state index contributed by atoms with van der Waals surface area (Å²) in [7, 11) is 2.66. The summed E-state index contributed by atoms with van der Waals surface area (Å²) in [6, 6.07) is 3.06. The second-order valence-electron chi connectivity index (χ2n) is 23.5. The van der Waals surface area contributed by atoms with E-state index >= 15 is 4.79 Å². The van der Waals surface area contributed by atoms with E-state index in [1.54, 1.807) is 48.5 Å². The molecule has 0 aromatic heterocycles. The van der Waals surface area contributed by atoms with Crippen LogP contribution in [0.2, 0.25) is 0 Å². The minimum absolute atomic E-state index is 0.00841. The third-order valence-electron chi connectivity index (χ3n) is 16.8. The van der Waals surface area contributed by atoms with Crippen LogP contribution in [-0.4, -0.2) is 225 Å². The zero-order valence-electron chi connectivity index (χ0n) is 48.4. The molecule has 82 heavy (non-hydrogen) atoms. The van der Waals surface area contributed by atoms with Crippen molar-refractivity contribution in [2.24, 2.45) is 11.8 Å². The largest absolute Gasteiger partial charge is 0.507 e. The van der Waals surface area contributed by atoms with Crippen LogP contribution in [0.5, 0.6) is 17.2 Å². The molecule has 0 amide bonds. The van der Waals surface area contributed by atoms with Crippen LogP contribution in [0.25, 0.3) is 10.8 Å². The highest BCUT2D eigenvalue weighted by Crippen LogP contribution is 2.48. The highest BCUT2D eigenvalue weighted by Gasteiger charge is 2.52. The van der Waals surface area contributed by atoms with E-state index in [0.29, 0.717) is 0 Å². The first kappa shape index (κ1) is 64.2. The molecule has 462 valence electrons. The van der Waals surface area contributed by atoms with Gasteiger partial charge < -0.3 is 108 Å². The topological polar surface area (TPSA) is 353 Å². The molecule has 0 saturated carbocycles. The molecule has 25 nitrogen and oxygen atoms in total. The van der Waals surface area contributed by atoms with Crippen molar-refractivity contribution in [3.05, 3.63) is 28.8 Å². The molecule has 9 N–H and O–H groups in total. The number of methoxy groups -OCH3 is 2. The molecule has 0 radical (unpaired) electrons. The monoisotopic (exact) mass is 1170 g/mol. The fourth-order valence-corrected chi connectivity index (χ4v) is 12.2. The number of carbonyl (C=O) groups excluding carboxylic acids is 3. The molecule has 8 rings (SSSR count). The molecule has 25 atom stereocenters. The number of ketones is 2. The number of ether oxygens (including phenoxy) is 13. The molecule has 5 fully saturated rings. The van der Waals surface area contributed by atoms with Crippen LogP contribution in [0.3, 0.4) is 0 Å². The highest BCUT2D eigenvalue weighted by atomic mass is 16.7. The number of phenolic OH excluding ortho intramolecular Hbond substituents is 2. The van der Waals surface area contributed by atoms with E-state index in [-0.39, 0.29) is 71.7 Å². The average molecular weight is 1170 g/mol. The molecule has 2 aromatic carbocycles. The quantitative estimate of drug-likeness (QED) is 0.0958. The van der Waals surface area contributed by atoms with Crippen molar-refractivity contribution in [2.75, 3.05) is 14.2 Å². The zero-order valence-corrected chi connectivity index (χ0v) is 48.4. The molecular weight excluding hydrogens is 1080 g/mol. The maximum absolute atomic E-state index is 15.1. The Morgan fingerprint density at radius 2 is 1.21 bits per heavy atom. The van der Waals surface area contributed by atoms with Crippen LogP contribution in [-0.2, 0) is 72.9 Å². The lowest BCUT2D eigenvalue weighted by atomic mass is 9.75. The molecule has 0 bridgehead atoms. The standard InChI is InChI=1S/C57H84O25/c1-21(2)56(68)82-55-28(9)76-41(20-57(55,10)69)80-36-18-39(73-25(6)48(36)64)79-35-19-40(74-26(7)47(35)63)81-54-31(53(71-12)51(67)45(61)23(4)58)14-29-13-30-15-33(22(3)44(60)42(30)49(65)43(29)50(54)66)77-38-17-34(46(62)24(5)72-38)78-37-16-32(59)52(70-11)27(8)75-37/h13,15,21,23-28,31-32,34-41,45-48,52-55,58-65,69H,14,16-20H2,1-12H3/t23-,24-,25-,26-,27-,28+,31+,32-,34-,35-,36-,37-,38+,39+,40+,41+,45+,46+,47-,48-,52+,53+,54+,55+,57+/m1/s1. The van der Waals surface area contributed by atoms with Gasteiger partial charge in [-0.1, -0.05) is 13.8 Å². The van der Waals surface area contributed by atoms with Crippen molar-refractivity contribution < 1.29 is 122 Å². The van der Waals surface area contributed by atoms with Gasteiger partial charge in [0.05, 0.1) is 77.9 Å². The number of aliphatic hydroxyl groups is 7. The number of carbonyl (C=O) groups is 3. The maximum Gasteiger partial charge on any atom is 0.308 e. The van der Waals surface area contributed by atoms with Gasteiger partial charge in [-0.3, -0.25) is 14.4 Å². The molecular formula is C57H84O25. The number of hydrogen-bond donors (Lipinski definition) is 9. The molecule has 5 saturated heterocycles. The summed E-state index contributed by atoms with van der Waals surface area (Å²) in [6.07, 6.45) is -25.8. The van der Waals surface area contributed by atoms with Crippen molar-refractivity contribution in [2.45, 2.75) is 255 Å². The molecule has 0 unspecified atom stereocenters. The Hall–Kier alpha value is -3.81. The Morgan fingerprint density at radius 3 is 1.73 bits per heavy atom. The maximum atomic E-state index is 15.1. The summed E-state index contributed by atoms with van der Waals surface area (Å²) < 4.78 is 78.5. The number of benzene rings is 2. The normalized spacial score (nSPS) is 40.2. The summed E-state index contributed by atoms with van der Waals surface area (Å²) in [6.45, 7) is 15.7. The Labute approximate surface area is 475 Å². The predicted octanol–water partition coefficient (Wildman–Crippen LogP) is 1.61. The number of esters is 1. The Kier molecular flexibility index (Phi) is 20.4. The molecule has 0 spiro atoms. The Bertz CT molecular complexity index is 2550. The van der Waals surface area contributed by atoms with Gasteiger partial charge in [0.25, 0.3) is 0 Å². The van der Waals surface area contributed by atoms with Gasteiger partial charge in [0.2, 0.25) is 6.29 Å². The molecule has 2 aromatic rings. The van der Waals surface area contributed by atoms with E-state index in [1.165, 1.54) is 47.1 Å². The molecule has 6 aliphatic rings. The van der Waals surface area contributed by atoms with E-state index < -0.39 is 188 Å². The summed E-state index contributed by atoms with van der Waals surface area (Å²) in [5.74, 6) is -5.00. The van der Waals surface area contributed by atoms with Crippen LogP contribution in [0.1, 0.15) is 116 Å². The highest BCUT2D eigenvalue weighted by molar-refractivity contribution is 6.11. The first-order valence-corrected chi connectivity index (χ1v) is 28.2. The van der Waals surface area contributed by atoms with Crippen LogP contribution in [0.4, 0.5) is 0 Å². The fraction of sp³-hybridized carbons (Fsp3) is 0.772. The van der Waals surface area contributed by atoms with Gasteiger partial charge in [-0.15, -0.1) is 0 Å². The summed E-state index contributed by atoms with van der Waals surface area (Å²) in [5, 5.41) is 101. The van der Waals surface area contributed by atoms with Crippen LogP contribution in [0.15, 0.2) is 12.1 Å². The molecule has 25 heteroatoms. The first-order chi connectivity index (χ1) is 38.5. The summed E-state index contributed by atoms with van der Waals surface area (Å²) in [4.78, 5) is 41.5. The van der Waals surface area contributed by atoms with Crippen molar-refractivity contribution in [1.82, 2.24) is 0 Å². The van der Waals surface area contributed by atoms with Gasteiger partial charge in [0, 0.05) is 57.8 Å². The second-order valence-corrected chi connectivity index (χ2v) is 23.5. The van der Waals surface area contributed by atoms with E-state index in [1.807, 2.05) is 0 Å². The second kappa shape index (κ2) is 26.0. The third-order valence-corrected chi connectivity index (χ3v) is 16.8. The number of fused-ring (bicyclic) bond motifs is 2. The average Bonchev–Trinajstić information content (AvgIpc) is 2.00. The lowest BCUT2D eigenvalue weighted by Crippen LogP contribution is -2.59. The van der Waals surface area contributed by atoms with Gasteiger partial charge in [0.15, 0.2) is 42.8 Å². The fourth-order valence-electron chi connectivity index (χ4n) is 12.2. The zero-order chi connectivity index (χ0) is 60.1. The summed E-state index contributed by atoms with van der Waals surface area (Å²) >= 11 is 0. The number of aliphatic hydroxyl groups excluding tert-OH is 6. The molecule has 5 heterocycles. The van der Waals surface area contributed by atoms with Gasteiger partial charge >= 0.3 is 5.97 Å². The van der Waals surface area contributed by atoms with E-state index in [9.17, 15) is 55.5 Å². The van der Waals surface area contributed by atoms with Crippen molar-refractivity contribution in [3.63, 3.8) is 0 Å². The predicted molar refractivity (Wildman–Crippen MR) is 282 cm³/mol. The van der Waals surface area contributed by atoms with Crippen molar-refractivity contribution in [1.29, 1.82) is 0 Å². The minimum atomic E-state index is -1.95. The van der Waals surface area contributed by atoms with Gasteiger partial charge in [0.1, 0.15) is 65.6 Å². The van der Waals surface area contributed by atoms with Crippen LogP contribution < -0.4 is 4.74 Å². The smallest absolute Gasteiger partial charge is 0.308 e. The Morgan fingerprint density at radius 1 is 0.695 bits per heavy atom. The van der Waals surface area contributed by atoms with Gasteiger partial charge in [-0.05, 0) is 84.9 Å². The minimum Gasteiger partial charge on any atom is -0.507 e. The lowest BCUT2D eigenvalue weighted by Gasteiger charge is -2.47. The lowest BCUT2D eigenvalue weighted by molar-refractivity contribution is -0.334. The first-order valence-electron chi connectivity index (χ1n) is 28.2. The van der Waals surface area contributed by atoms with E-state index in [2.05, 4.69) is 0 Å². The SMILES string of the molecule is CO[C@@H]1[C@H](O)C[C@@H](O[C@@H]2C[C@H](Oc3cc4cc5c(c(O)c4c(O)c3C)C(=O)[C@@H](O[C@H]3C[C@@H](O[C@H]4C[C@@H](O[C@H]6C[C@](C)(O)[C@@H](OC(=O)C(C)C)[C@H](C)O6)[C@H](O)[C@@H](C)O4)[C@H](O)[C@@H](C)O3)[C@H]([C@H](OC)C(=O)[C@@H](O)[C@@H](C)O)C5)O[C@H](C)[C@@H]2O)O[C@@H]1C. The number of rotatable bonds is 18. The number of aromatic hydroxyl groups is 2. The summed E-state index contributed by atoms with van der Waals surface area (Å²) in [5.41, 5.74) is -1.48. The third kappa shape index (κ3) is 13.4. The van der Waals surface area contributed by atoms with Gasteiger partial charge in [-0.25, -0.2) is 0 Å². The van der Waals surface area contributed by atoms with Crippen molar-refractivity contribution >= 4 is 28.3 Å². The van der Waals surface area contributed by atoms with Gasteiger partial charge in [-0.2, -0.15) is 0 Å². The van der Waals surface area contributed by atoms with Crippen LogP contribution in [0, 0.1) is 18.8 Å². The van der Waals surface area contributed by atoms with Crippen molar-refractivity contribution in [3.8, 4) is 17.2 Å². The number of Topliss-reactive ketones (excluding diaryl/α,β-unsaturated/α-hetero) is 2. The molecule has 1 aliphatic carbocycles. The Balaban J connectivity index is 1.02. The van der Waals surface area contributed by atoms with E-state index in [4.69, 9.17) is 61.6 Å².